The van der Waals surface area contributed by atoms with E-state index in [1.807, 2.05) is 29.2 Å². The maximum Gasteiger partial charge on any atom is 0.255 e. The summed E-state index contributed by atoms with van der Waals surface area (Å²) in [5.74, 6) is -0.00244. The molecular formula is C20H20N2O2. The van der Waals surface area contributed by atoms with Gasteiger partial charge in [0.25, 0.3) is 5.91 Å². The largest absolute Gasteiger partial charge is 0.472 e. The summed E-state index contributed by atoms with van der Waals surface area (Å²) in [6.07, 6.45) is 8.46. The lowest BCUT2D eigenvalue weighted by Crippen LogP contribution is -2.31. The van der Waals surface area contributed by atoms with Crippen molar-refractivity contribution in [2.75, 3.05) is 6.54 Å². The minimum Gasteiger partial charge on any atom is -0.472 e. The lowest BCUT2D eigenvalue weighted by atomic mass is 10.1. The third-order valence-electron chi connectivity index (χ3n) is 3.89. The highest BCUT2D eigenvalue weighted by molar-refractivity contribution is 5.93. The standard InChI is InChI=1S/C20H20N2O2/c23-20(19-9-4-11-21-14-19)22(15-18-10-13-24-16-18)12-5-8-17-6-2-1-3-7-17/h1-4,6-7,9-11,13-14,16H,5,8,12,15H2. The summed E-state index contributed by atoms with van der Waals surface area (Å²) in [5, 5.41) is 0. The van der Waals surface area contributed by atoms with E-state index in [0.717, 1.165) is 18.4 Å². The van der Waals surface area contributed by atoms with Gasteiger partial charge in [-0.05, 0) is 36.6 Å². The predicted octanol–water partition coefficient (Wildman–Crippen LogP) is 3.95. The number of amides is 1. The number of pyridine rings is 1. The molecule has 3 rings (SSSR count). The number of furan rings is 1. The van der Waals surface area contributed by atoms with E-state index >= 15 is 0 Å². The highest BCUT2D eigenvalue weighted by atomic mass is 16.3. The van der Waals surface area contributed by atoms with Crippen LogP contribution in [-0.2, 0) is 13.0 Å². The molecule has 0 bridgehead atoms. The Morgan fingerprint density at radius 2 is 1.92 bits per heavy atom. The van der Waals surface area contributed by atoms with Crippen LogP contribution in [-0.4, -0.2) is 22.3 Å². The summed E-state index contributed by atoms with van der Waals surface area (Å²) < 4.78 is 5.12. The number of nitrogens with zero attached hydrogens (tertiary/aromatic N) is 2. The molecule has 0 saturated carbocycles. The van der Waals surface area contributed by atoms with Crippen LogP contribution in [0.15, 0.2) is 77.9 Å². The number of carbonyl (C=O) groups excluding carboxylic acids is 1. The number of aryl methyl sites for hydroxylation is 1. The first-order chi connectivity index (χ1) is 11.8. The van der Waals surface area contributed by atoms with Crippen LogP contribution in [0.5, 0.6) is 0 Å². The van der Waals surface area contributed by atoms with Gasteiger partial charge in [-0.15, -0.1) is 0 Å². The Balaban J connectivity index is 1.66. The molecule has 1 amide bonds. The molecule has 24 heavy (non-hydrogen) atoms. The van der Waals surface area contributed by atoms with Gasteiger partial charge < -0.3 is 9.32 Å². The van der Waals surface area contributed by atoms with Crippen molar-refractivity contribution < 1.29 is 9.21 Å². The van der Waals surface area contributed by atoms with Crippen molar-refractivity contribution in [3.63, 3.8) is 0 Å². The van der Waals surface area contributed by atoms with Crippen LogP contribution in [0.25, 0.3) is 0 Å². The average Bonchev–Trinajstić information content (AvgIpc) is 3.15. The predicted molar refractivity (Wildman–Crippen MR) is 92.4 cm³/mol. The molecule has 0 spiro atoms. The minimum absolute atomic E-state index is 0.00244. The Labute approximate surface area is 141 Å². The quantitative estimate of drug-likeness (QED) is 0.662. The second-order valence-corrected chi connectivity index (χ2v) is 5.69. The molecular weight excluding hydrogens is 300 g/mol. The molecule has 0 radical (unpaired) electrons. The molecule has 2 aromatic heterocycles. The Bertz CT molecular complexity index is 740. The van der Waals surface area contributed by atoms with Gasteiger partial charge in [0, 0.05) is 31.0 Å². The van der Waals surface area contributed by atoms with Crippen molar-refractivity contribution in [2.45, 2.75) is 19.4 Å². The molecule has 0 atom stereocenters. The summed E-state index contributed by atoms with van der Waals surface area (Å²) in [4.78, 5) is 18.7. The van der Waals surface area contributed by atoms with Crippen LogP contribution in [0.4, 0.5) is 0 Å². The van der Waals surface area contributed by atoms with Crippen molar-refractivity contribution in [3.8, 4) is 0 Å². The second kappa shape index (κ2) is 8.11. The summed E-state index contributed by atoms with van der Waals surface area (Å²) in [6, 6.07) is 15.8. The first-order valence-electron chi connectivity index (χ1n) is 8.07. The lowest BCUT2D eigenvalue weighted by molar-refractivity contribution is 0.0740. The van der Waals surface area contributed by atoms with E-state index in [4.69, 9.17) is 4.42 Å². The van der Waals surface area contributed by atoms with Crippen molar-refractivity contribution in [2.24, 2.45) is 0 Å². The number of benzene rings is 1. The molecule has 1 aromatic carbocycles. The van der Waals surface area contributed by atoms with Gasteiger partial charge in [0.15, 0.2) is 0 Å². The number of rotatable bonds is 7. The normalized spacial score (nSPS) is 10.5. The van der Waals surface area contributed by atoms with Crippen molar-refractivity contribution >= 4 is 5.91 Å². The molecule has 122 valence electrons. The van der Waals surface area contributed by atoms with Crippen molar-refractivity contribution in [1.29, 1.82) is 0 Å². The minimum atomic E-state index is -0.00244. The van der Waals surface area contributed by atoms with Gasteiger partial charge in [0.2, 0.25) is 0 Å². The van der Waals surface area contributed by atoms with Gasteiger partial charge >= 0.3 is 0 Å². The summed E-state index contributed by atoms with van der Waals surface area (Å²) in [6.45, 7) is 1.23. The zero-order chi connectivity index (χ0) is 16.6. The number of aromatic nitrogens is 1. The summed E-state index contributed by atoms with van der Waals surface area (Å²) in [5.41, 5.74) is 2.89. The fraction of sp³-hybridized carbons (Fsp3) is 0.200. The first kappa shape index (κ1) is 16.0. The van der Waals surface area contributed by atoms with E-state index in [9.17, 15) is 4.79 Å². The number of hydrogen-bond acceptors (Lipinski definition) is 3. The molecule has 0 unspecified atom stereocenters. The van der Waals surface area contributed by atoms with Crippen molar-refractivity contribution in [3.05, 3.63) is 90.1 Å². The van der Waals surface area contributed by atoms with Crippen LogP contribution in [0.3, 0.4) is 0 Å². The van der Waals surface area contributed by atoms with E-state index in [1.54, 1.807) is 37.1 Å². The Morgan fingerprint density at radius 1 is 1.04 bits per heavy atom. The first-order valence-corrected chi connectivity index (χ1v) is 8.07. The SMILES string of the molecule is O=C(c1cccnc1)N(CCCc1ccccc1)Cc1ccoc1. The van der Waals surface area contributed by atoms with E-state index in [1.165, 1.54) is 5.56 Å². The fourth-order valence-corrected chi connectivity index (χ4v) is 2.65. The molecule has 0 aliphatic heterocycles. The molecule has 0 aliphatic carbocycles. The smallest absolute Gasteiger partial charge is 0.255 e. The van der Waals surface area contributed by atoms with Gasteiger partial charge in [-0.3, -0.25) is 9.78 Å². The van der Waals surface area contributed by atoms with Crippen LogP contribution in [0, 0.1) is 0 Å². The summed E-state index contributed by atoms with van der Waals surface area (Å²) in [7, 11) is 0. The third kappa shape index (κ3) is 4.32. The maximum absolute atomic E-state index is 12.8. The van der Waals surface area contributed by atoms with Gasteiger partial charge in [0.05, 0.1) is 18.1 Å². The molecule has 0 N–H and O–H groups in total. The van der Waals surface area contributed by atoms with Gasteiger partial charge in [-0.1, -0.05) is 30.3 Å². The highest BCUT2D eigenvalue weighted by Gasteiger charge is 2.16. The second-order valence-electron chi connectivity index (χ2n) is 5.69. The highest BCUT2D eigenvalue weighted by Crippen LogP contribution is 2.12. The molecule has 2 heterocycles. The van der Waals surface area contributed by atoms with Gasteiger partial charge in [0.1, 0.15) is 0 Å². The van der Waals surface area contributed by atoms with Crippen LogP contribution >= 0.6 is 0 Å². The average molecular weight is 320 g/mol. The van der Waals surface area contributed by atoms with Gasteiger partial charge in [-0.2, -0.15) is 0 Å². The van der Waals surface area contributed by atoms with Crippen molar-refractivity contribution in [1.82, 2.24) is 9.88 Å². The van der Waals surface area contributed by atoms with Crippen LogP contribution in [0.2, 0.25) is 0 Å². The monoisotopic (exact) mass is 320 g/mol. The fourth-order valence-electron chi connectivity index (χ4n) is 2.65. The Kier molecular flexibility index (Phi) is 5.40. The summed E-state index contributed by atoms with van der Waals surface area (Å²) >= 11 is 0. The molecule has 0 fully saturated rings. The van der Waals surface area contributed by atoms with E-state index in [2.05, 4.69) is 17.1 Å². The topological polar surface area (TPSA) is 46.3 Å². The van der Waals surface area contributed by atoms with Gasteiger partial charge in [-0.25, -0.2) is 0 Å². The molecule has 0 aliphatic rings. The molecule has 0 saturated heterocycles. The maximum atomic E-state index is 12.8. The molecule has 4 heteroatoms. The van der Waals surface area contributed by atoms with Crippen LogP contribution in [0.1, 0.15) is 27.9 Å². The molecule has 4 nitrogen and oxygen atoms in total. The van der Waals surface area contributed by atoms with E-state index < -0.39 is 0 Å². The third-order valence-corrected chi connectivity index (χ3v) is 3.89. The molecule has 3 aromatic rings. The Morgan fingerprint density at radius 3 is 2.62 bits per heavy atom. The zero-order valence-corrected chi connectivity index (χ0v) is 13.5. The lowest BCUT2D eigenvalue weighted by Gasteiger charge is -2.22. The Hall–Kier alpha value is -2.88. The zero-order valence-electron chi connectivity index (χ0n) is 13.5. The number of carbonyl (C=O) groups is 1. The number of hydrogen-bond donors (Lipinski definition) is 0. The van der Waals surface area contributed by atoms with E-state index in [-0.39, 0.29) is 5.91 Å². The van der Waals surface area contributed by atoms with E-state index in [0.29, 0.717) is 18.7 Å². The van der Waals surface area contributed by atoms with Crippen LogP contribution < -0.4 is 0 Å².